The molecule has 3 aromatic rings. The van der Waals surface area contributed by atoms with E-state index in [-0.39, 0.29) is 5.75 Å². The van der Waals surface area contributed by atoms with Gasteiger partial charge < -0.3 is 14.1 Å². The molecule has 6 heteroatoms. The van der Waals surface area contributed by atoms with E-state index in [0.29, 0.717) is 11.5 Å². The molecule has 0 fully saturated rings. The topological polar surface area (TPSA) is 63.6 Å². The van der Waals surface area contributed by atoms with E-state index in [4.69, 9.17) is 9.29 Å². The molecular formula is C23H17BrO4S. The van der Waals surface area contributed by atoms with Gasteiger partial charge in [-0.2, -0.15) is 0 Å². The molecule has 0 spiro atoms. The molecular weight excluding hydrogens is 452 g/mol. The molecule has 2 atom stereocenters. The van der Waals surface area contributed by atoms with Crippen molar-refractivity contribution in [1.29, 1.82) is 0 Å². The van der Waals surface area contributed by atoms with E-state index in [1.54, 1.807) is 12.1 Å². The zero-order valence-corrected chi connectivity index (χ0v) is 17.7. The second-order valence-corrected chi connectivity index (χ2v) is 8.51. The number of carbonyl (C=O) groups is 1. The number of carbonyl (C=O) groups excluding carboxylic acids is 1. The van der Waals surface area contributed by atoms with Crippen molar-refractivity contribution in [2.45, 2.75) is 11.7 Å². The normalized spacial score (nSPS) is 16.7. The van der Waals surface area contributed by atoms with Crippen LogP contribution in [0.3, 0.4) is 0 Å². The summed E-state index contributed by atoms with van der Waals surface area (Å²) in [6, 6.07) is 22.6. The lowest BCUT2D eigenvalue weighted by atomic mass is 9.83. The molecule has 146 valence electrons. The molecule has 4 nitrogen and oxygen atoms in total. The molecule has 4 rings (SSSR count). The highest BCUT2D eigenvalue weighted by molar-refractivity contribution is 9.10. The minimum atomic E-state index is -1.90. The van der Waals surface area contributed by atoms with Gasteiger partial charge in [0, 0.05) is 21.2 Å². The highest BCUT2D eigenvalue weighted by Gasteiger charge is 2.31. The molecule has 0 aromatic heterocycles. The van der Waals surface area contributed by atoms with Crippen molar-refractivity contribution in [2.75, 3.05) is 0 Å². The van der Waals surface area contributed by atoms with Gasteiger partial charge in [-0.15, -0.1) is 0 Å². The Kier molecular flexibility index (Phi) is 5.76. The predicted octanol–water partition coefficient (Wildman–Crippen LogP) is 5.41. The number of fused-ring (bicyclic) bond motifs is 1. The van der Waals surface area contributed by atoms with Crippen LogP contribution in [0, 0.1) is 0 Å². The van der Waals surface area contributed by atoms with Crippen LogP contribution >= 0.6 is 15.9 Å². The number of aldehydes is 1. The molecule has 0 saturated heterocycles. The van der Waals surface area contributed by atoms with Crippen LogP contribution in [0.5, 0.6) is 5.75 Å². The first-order valence-electron chi connectivity index (χ1n) is 8.96. The van der Waals surface area contributed by atoms with Gasteiger partial charge in [0.1, 0.15) is 17.8 Å². The van der Waals surface area contributed by atoms with Gasteiger partial charge in [-0.05, 0) is 29.3 Å². The molecule has 1 heterocycles. The van der Waals surface area contributed by atoms with Gasteiger partial charge in [-0.1, -0.05) is 70.5 Å². The molecule has 0 amide bonds. The fourth-order valence-corrected chi connectivity index (χ4v) is 4.22. The molecule has 0 radical (unpaired) electrons. The van der Waals surface area contributed by atoms with Crippen molar-refractivity contribution in [3.63, 3.8) is 0 Å². The van der Waals surface area contributed by atoms with Crippen LogP contribution in [0.25, 0.3) is 11.3 Å². The van der Waals surface area contributed by atoms with E-state index < -0.39 is 17.0 Å². The summed E-state index contributed by atoms with van der Waals surface area (Å²) in [5.41, 5.74) is 4.08. The van der Waals surface area contributed by atoms with Crippen molar-refractivity contribution in [3.05, 3.63) is 99.5 Å². The number of hydrogen-bond donors (Lipinski definition) is 1. The van der Waals surface area contributed by atoms with Crippen LogP contribution in [-0.2, 0) is 21.6 Å². The second kappa shape index (κ2) is 8.45. The van der Waals surface area contributed by atoms with Gasteiger partial charge in [0.25, 0.3) is 0 Å². The van der Waals surface area contributed by atoms with E-state index in [9.17, 15) is 9.00 Å². The third-order valence-electron chi connectivity index (χ3n) is 4.82. The number of rotatable bonds is 5. The Hall–Kier alpha value is -2.54. The Morgan fingerprint density at radius 2 is 1.62 bits per heavy atom. The lowest BCUT2D eigenvalue weighted by Crippen LogP contribution is -2.15. The monoisotopic (exact) mass is 468 g/mol. The van der Waals surface area contributed by atoms with Gasteiger partial charge in [-0.25, -0.2) is 4.21 Å². The van der Waals surface area contributed by atoms with Gasteiger partial charge in [-0.3, -0.25) is 0 Å². The number of hydrogen-bond acceptors (Lipinski definition) is 3. The summed E-state index contributed by atoms with van der Waals surface area (Å²) >= 11 is 1.56. The zero-order valence-electron chi connectivity index (χ0n) is 15.2. The first kappa shape index (κ1) is 19.8. The highest BCUT2D eigenvalue weighted by Crippen LogP contribution is 2.45. The maximum absolute atomic E-state index is 12.2. The standard InChI is InChI=1S/C23H17BrO4S/c24-18-11-9-16(10-12-18)22-20(13-25)19-3-1-2-4-21(19)28-23(22)17-7-5-15(6-8-17)14-29(26)27/h1-13,20H,14H2,(H,26,27). The van der Waals surface area contributed by atoms with Gasteiger partial charge >= 0.3 is 0 Å². The molecule has 0 saturated carbocycles. The first-order valence-corrected chi connectivity index (χ1v) is 11.0. The highest BCUT2D eigenvalue weighted by atomic mass is 79.9. The Labute approximate surface area is 179 Å². The summed E-state index contributed by atoms with van der Waals surface area (Å²) < 4.78 is 27.4. The van der Waals surface area contributed by atoms with Crippen molar-refractivity contribution < 1.29 is 18.3 Å². The number of allylic oxidation sites excluding steroid dienone is 1. The van der Waals surface area contributed by atoms with Crippen LogP contribution in [0.15, 0.2) is 77.3 Å². The van der Waals surface area contributed by atoms with Crippen molar-refractivity contribution >= 4 is 44.6 Å². The minimum absolute atomic E-state index is 0.0690. The van der Waals surface area contributed by atoms with Crippen molar-refractivity contribution in [3.8, 4) is 5.75 Å². The fourth-order valence-electron chi connectivity index (χ4n) is 3.48. The Morgan fingerprint density at radius 3 is 2.28 bits per heavy atom. The summed E-state index contributed by atoms with van der Waals surface area (Å²) in [5, 5.41) is 0. The summed E-state index contributed by atoms with van der Waals surface area (Å²) in [6.07, 6.45) is 0.946. The van der Waals surface area contributed by atoms with Crippen molar-refractivity contribution in [2.24, 2.45) is 0 Å². The van der Waals surface area contributed by atoms with Crippen LogP contribution in [0.1, 0.15) is 28.2 Å². The summed E-state index contributed by atoms with van der Waals surface area (Å²) in [5.74, 6) is 0.876. The van der Waals surface area contributed by atoms with Gasteiger partial charge in [0.05, 0.1) is 11.7 Å². The molecule has 1 aliphatic rings. The number of para-hydroxylation sites is 1. The van der Waals surface area contributed by atoms with Crippen molar-refractivity contribution in [1.82, 2.24) is 0 Å². The molecule has 0 bridgehead atoms. The molecule has 1 aliphatic heterocycles. The first-order chi connectivity index (χ1) is 14.1. The number of ether oxygens (including phenoxy) is 1. The Bertz CT molecular complexity index is 1100. The molecule has 2 unspecified atom stereocenters. The minimum Gasteiger partial charge on any atom is -0.456 e. The predicted molar refractivity (Wildman–Crippen MR) is 118 cm³/mol. The van der Waals surface area contributed by atoms with E-state index in [1.165, 1.54) is 0 Å². The molecule has 1 N–H and O–H groups in total. The SMILES string of the molecule is O=CC1C(c2ccc(Br)cc2)=C(c2ccc(CS(=O)O)cc2)Oc2ccccc21. The smallest absolute Gasteiger partial charge is 0.157 e. The lowest BCUT2D eigenvalue weighted by Gasteiger charge is -2.28. The number of halogens is 1. The van der Waals surface area contributed by atoms with Crippen LogP contribution in [0.2, 0.25) is 0 Å². The Balaban J connectivity index is 1.88. The maximum Gasteiger partial charge on any atom is 0.157 e. The van der Waals surface area contributed by atoms with Crippen LogP contribution in [0.4, 0.5) is 0 Å². The number of benzene rings is 3. The summed E-state index contributed by atoms with van der Waals surface area (Å²) in [6.45, 7) is 0. The van der Waals surface area contributed by atoms with Gasteiger partial charge in [0.2, 0.25) is 0 Å². The largest absolute Gasteiger partial charge is 0.456 e. The third kappa shape index (κ3) is 4.10. The second-order valence-electron chi connectivity index (χ2n) is 6.67. The van der Waals surface area contributed by atoms with Gasteiger partial charge in [0.15, 0.2) is 11.1 Å². The quantitative estimate of drug-likeness (QED) is 0.401. The maximum atomic E-state index is 12.2. The molecule has 0 aliphatic carbocycles. The van der Waals surface area contributed by atoms with Crippen LogP contribution in [-0.4, -0.2) is 15.0 Å². The summed E-state index contributed by atoms with van der Waals surface area (Å²) in [4.78, 5) is 12.2. The average molecular weight is 469 g/mol. The molecule has 3 aromatic carbocycles. The van der Waals surface area contributed by atoms with Crippen LogP contribution < -0.4 is 4.74 Å². The molecule has 29 heavy (non-hydrogen) atoms. The van der Waals surface area contributed by atoms with E-state index in [1.807, 2.05) is 60.7 Å². The zero-order chi connectivity index (χ0) is 20.4. The average Bonchev–Trinajstić information content (AvgIpc) is 2.73. The lowest BCUT2D eigenvalue weighted by molar-refractivity contribution is -0.108. The van der Waals surface area contributed by atoms with E-state index in [0.717, 1.165) is 38.6 Å². The third-order valence-corrected chi connectivity index (χ3v) is 5.93. The summed E-state index contributed by atoms with van der Waals surface area (Å²) in [7, 11) is 0. The Morgan fingerprint density at radius 1 is 0.966 bits per heavy atom. The van der Waals surface area contributed by atoms with E-state index in [2.05, 4.69) is 15.9 Å². The van der Waals surface area contributed by atoms with E-state index >= 15 is 0 Å². The fraction of sp³-hybridized carbons (Fsp3) is 0.0870.